The van der Waals surface area contributed by atoms with Crippen molar-refractivity contribution in [3.05, 3.63) is 50.9 Å². The van der Waals surface area contributed by atoms with E-state index in [1.54, 1.807) is 11.3 Å². The lowest BCUT2D eigenvalue weighted by atomic mass is 10.1. The van der Waals surface area contributed by atoms with Crippen LogP contribution in [0.3, 0.4) is 0 Å². The quantitative estimate of drug-likeness (QED) is 0.800. The second-order valence-corrected chi connectivity index (χ2v) is 7.86. The predicted octanol–water partition coefficient (Wildman–Crippen LogP) is 3.68. The first-order valence-corrected chi connectivity index (χ1v) is 10.1. The third-order valence-corrected chi connectivity index (χ3v) is 5.49. The van der Waals surface area contributed by atoms with Gasteiger partial charge in [-0.25, -0.2) is 4.98 Å². The number of benzene rings is 1. The highest BCUT2D eigenvalue weighted by Gasteiger charge is 2.13. The fourth-order valence-electron chi connectivity index (χ4n) is 3.08. The molecule has 1 N–H and O–H groups in total. The second kappa shape index (κ2) is 9.32. The van der Waals surface area contributed by atoms with Crippen LogP contribution < -0.4 is 5.32 Å². The number of nitrogens with zero attached hydrogens (tertiary/aromatic N) is 2. The molecule has 6 heteroatoms. The molecule has 0 atom stereocenters. The summed E-state index contributed by atoms with van der Waals surface area (Å²) >= 11 is 7.63. The molecule has 1 aromatic heterocycles. The van der Waals surface area contributed by atoms with Gasteiger partial charge in [-0.15, -0.1) is 11.3 Å². The Bertz CT molecular complexity index is 697. The zero-order valence-electron chi connectivity index (χ0n) is 14.3. The van der Waals surface area contributed by atoms with Gasteiger partial charge >= 0.3 is 0 Å². The van der Waals surface area contributed by atoms with Crippen molar-refractivity contribution in [3.63, 3.8) is 0 Å². The average Bonchev–Trinajstić information content (AvgIpc) is 3.02. The van der Waals surface area contributed by atoms with Crippen molar-refractivity contribution in [2.24, 2.45) is 0 Å². The molecule has 0 unspecified atom stereocenters. The first-order chi connectivity index (χ1) is 12.2. The number of aromatic nitrogens is 1. The fourth-order valence-corrected chi connectivity index (χ4v) is 4.13. The standard InChI is InChI=1S/C19H24ClN3OS/c20-16-6-4-5-15(11-16)7-8-21-18(24)12-17-14-25-19(22-17)13-23-9-2-1-3-10-23/h4-6,11,14H,1-3,7-10,12-13H2,(H,21,24). The Kier molecular flexibility index (Phi) is 6.84. The van der Waals surface area contributed by atoms with Gasteiger partial charge in [0.25, 0.3) is 0 Å². The van der Waals surface area contributed by atoms with Crippen molar-refractivity contribution in [3.8, 4) is 0 Å². The number of amides is 1. The normalized spacial score (nSPS) is 15.2. The van der Waals surface area contributed by atoms with Gasteiger partial charge in [0.1, 0.15) is 5.01 Å². The lowest BCUT2D eigenvalue weighted by molar-refractivity contribution is -0.120. The summed E-state index contributed by atoms with van der Waals surface area (Å²) < 4.78 is 0. The minimum absolute atomic E-state index is 0.0249. The third-order valence-electron chi connectivity index (χ3n) is 4.37. The van der Waals surface area contributed by atoms with E-state index in [2.05, 4.69) is 15.2 Å². The first-order valence-electron chi connectivity index (χ1n) is 8.86. The van der Waals surface area contributed by atoms with Crippen molar-refractivity contribution in [2.45, 2.75) is 38.6 Å². The lowest BCUT2D eigenvalue weighted by Gasteiger charge is -2.25. The van der Waals surface area contributed by atoms with Crippen LogP contribution in [0.4, 0.5) is 0 Å². The largest absolute Gasteiger partial charge is 0.355 e. The number of piperidine rings is 1. The van der Waals surface area contributed by atoms with Gasteiger partial charge in [0.05, 0.1) is 18.7 Å². The Morgan fingerprint density at radius 1 is 1.28 bits per heavy atom. The predicted molar refractivity (Wildman–Crippen MR) is 103 cm³/mol. The highest BCUT2D eigenvalue weighted by molar-refractivity contribution is 7.09. The Labute approximate surface area is 158 Å². The maximum atomic E-state index is 12.1. The molecule has 4 nitrogen and oxygen atoms in total. The number of halogens is 1. The zero-order valence-corrected chi connectivity index (χ0v) is 15.9. The van der Waals surface area contributed by atoms with Crippen molar-refractivity contribution >= 4 is 28.8 Å². The Morgan fingerprint density at radius 2 is 2.12 bits per heavy atom. The van der Waals surface area contributed by atoms with Crippen molar-refractivity contribution in [1.29, 1.82) is 0 Å². The second-order valence-electron chi connectivity index (χ2n) is 6.48. The van der Waals surface area contributed by atoms with E-state index in [0.717, 1.165) is 34.3 Å². The number of nitrogens with one attached hydrogen (secondary N) is 1. The number of carbonyl (C=O) groups excluding carboxylic acids is 1. The van der Waals surface area contributed by atoms with Crippen molar-refractivity contribution in [1.82, 2.24) is 15.2 Å². The molecule has 134 valence electrons. The number of likely N-dealkylation sites (tertiary alicyclic amines) is 1. The van der Waals surface area contributed by atoms with Gasteiger partial charge in [-0.2, -0.15) is 0 Å². The maximum absolute atomic E-state index is 12.1. The van der Waals surface area contributed by atoms with Gasteiger partial charge in [0, 0.05) is 16.9 Å². The summed E-state index contributed by atoms with van der Waals surface area (Å²) in [5.41, 5.74) is 2.00. The van der Waals surface area contributed by atoms with Crippen LogP contribution in [0.5, 0.6) is 0 Å². The van der Waals surface area contributed by atoms with Crippen LogP contribution >= 0.6 is 22.9 Å². The van der Waals surface area contributed by atoms with E-state index >= 15 is 0 Å². The van der Waals surface area contributed by atoms with Crippen LogP contribution in [0, 0.1) is 0 Å². The Hall–Kier alpha value is -1.43. The van der Waals surface area contributed by atoms with Crippen molar-refractivity contribution < 1.29 is 4.79 Å². The monoisotopic (exact) mass is 377 g/mol. The molecule has 25 heavy (non-hydrogen) atoms. The molecule has 1 aliphatic rings. The molecule has 0 saturated carbocycles. The van der Waals surface area contributed by atoms with Gasteiger partial charge in [-0.3, -0.25) is 9.69 Å². The number of hydrogen-bond donors (Lipinski definition) is 1. The van der Waals surface area contributed by atoms with Crippen molar-refractivity contribution in [2.75, 3.05) is 19.6 Å². The maximum Gasteiger partial charge on any atom is 0.226 e. The number of carbonyl (C=O) groups is 1. The summed E-state index contributed by atoms with van der Waals surface area (Å²) in [6.45, 7) is 3.86. The zero-order chi connectivity index (χ0) is 17.5. The van der Waals surface area contributed by atoms with E-state index in [-0.39, 0.29) is 5.91 Å². The summed E-state index contributed by atoms with van der Waals surface area (Å²) in [5.74, 6) is 0.0249. The van der Waals surface area contributed by atoms with Gasteiger partial charge in [-0.1, -0.05) is 30.2 Å². The lowest BCUT2D eigenvalue weighted by Crippen LogP contribution is -2.29. The van der Waals surface area contributed by atoms with E-state index in [4.69, 9.17) is 11.6 Å². The number of thiazole rings is 1. The molecular weight excluding hydrogens is 354 g/mol. The summed E-state index contributed by atoms with van der Waals surface area (Å²) in [4.78, 5) is 19.2. The van der Waals surface area contributed by atoms with E-state index in [9.17, 15) is 4.79 Å². The van der Waals surface area contributed by atoms with E-state index in [1.165, 1.54) is 32.4 Å². The summed E-state index contributed by atoms with van der Waals surface area (Å²) in [5, 5.41) is 6.82. The van der Waals surface area contributed by atoms with Crippen LogP contribution in [0.25, 0.3) is 0 Å². The molecule has 1 aromatic carbocycles. The molecule has 1 aliphatic heterocycles. The van der Waals surface area contributed by atoms with Crippen LogP contribution in [0.1, 0.15) is 35.5 Å². The van der Waals surface area contributed by atoms with Crippen LogP contribution in [-0.4, -0.2) is 35.4 Å². The van der Waals surface area contributed by atoms with Gasteiger partial charge in [0.15, 0.2) is 0 Å². The molecule has 0 bridgehead atoms. The smallest absolute Gasteiger partial charge is 0.226 e. The molecule has 1 amide bonds. The molecular formula is C19H24ClN3OS. The van der Waals surface area contributed by atoms with Gasteiger partial charge in [0.2, 0.25) is 5.91 Å². The SMILES string of the molecule is O=C(Cc1csc(CN2CCCCC2)n1)NCCc1cccc(Cl)c1. The Morgan fingerprint density at radius 3 is 2.92 bits per heavy atom. The topological polar surface area (TPSA) is 45.2 Å². The molecule has 0 radical (unpaired) electrons. The van der Waals surface area contributed by atoms with Crippen LogP contribution in [-0.2, 0) is 24.2 Å². The molecule has 0 aliphatic carbocycles. The Balaban J connectivity index is 1.40. The van der Waals surface area contributed by atoms with E-state index < -0.39 is 0 Å². The molecule has 0 spiro atoms. The van der Waals surface area contributed by atoms with Gasteiger partial charge in [-0.05, 0) is 50.0 Å². The van der Waals surface area contributed by atoms with Crippen LogP contribution in [0.2, 0.25) is 5.02 Å². The highest BCUT2D eigenvalue weighted by atomic mass is 35.5. The molecule has 1 fully saturated rings. The fraction of sp³-hybridized carbons (Fsp3) is 0.474. The number of hydrogen-bond acceptors (Lipinski definition) is 4. The minimum atomic E-state index is 0.0249. The first kappa shape index (κ1) is 18.4. The summed E-state index contributed by atoms with van der Waals surface area (Å²) in [6, 6.07) is 7.73. The molecule has 3 rings (SSSR count). The third kappa shape index (κ3) is 6.10. The molecule has 2 aromatic rings. The average molecular weight is 378 g/mol. The van der Waals surface area contributed by atoms with E-state index in [0.29, 0.717) is 13.0 Å². The highest BCUT2D eigenvalue weighted by Crippen LogP contribution is 2.16. The minimum Gasteiger partial charge on any atom is -0.355 e. The summed E-state index contributed by atoms with van der Waals surface area (Å²) in [6.07, 6.45) is 5.05. The van der Waals surface area contributed by atoms with Gasteiger partial charge < -0.3 is 5.32 Å². The summed E-state index contributed by atoms with van der Waals surface area (Å²) in [7, 11) is 0. The molecule has 2 heterocycles. The number of rotatable bonds is 7. The molecule has 1 saturated heterocycles. The van der Waals surface area contributed by atoms with E-state index in [1.807, 2.05) is 29.6 Å². The van der Waals surface area contributed by atoms with Crippen LogP contribution in [0.15, 0.2) is 29.6 Å².